The van der Waals surface area contributed by atoms with Gasteiger partial charge in [-0.15, -0.1) is 0 Å². The van der Waals surface area contributed by atoms with Crippen LogP contribution in [-0.2, 0) is 11.6 Å². The summed E-state index contributed by atoms with van der Waals surface area (Å²) >= 11 is 0. The van der Waals surface area contributed by atoms with Crippen LogP contribution in [0.25, 0.3) is 0 Å². The standard InChI is InChI=1S/C11H13F3N2/c12-11(13,14)9-2-1-8(7-16-9)10(3-4-10)5-6-15/h1-2,7H,3-6,15H2. The van der Waals surface area contributed by atoms with Gasteiger partial charge < -0.3 is 5.73 Å². The molecule has 0 unspecified atom stereocenters. The third kappa shape index (κ3) is 2.04. The molecule has 0 atom stereocenters. The molecule has 1 saturated carbocycles. The fourth-order valence-corrected chi connectivity index (χ4v) is 1.99. The number of alkyl halides is 3. The predicted molar refractivity (Wildman–Crippen MR) is 53.8 cm³/mol. The highest BCUT2D eigenvalue weighted by atomic mass is 19.4. The summed E-state index contributed by atoms with van der Waals surface area (Å²) in [7, 11) is 0. The number of pyridine rings is 1. The Morgan fingerprint density at radius 3 is 2.38 bits per heavy atom. The lowest BCUT2D eigenvalue weighted by molar-refractivity contribution is -0.141. The summed E-state index contributed by atoms with van der Waals surface area (Å²) in [6.45, 7) is 0.557. The van der Waals surface area contributed by atoms with Gasteiger partial charge in [0.25, 0.3) is 0 Å². The number of nitrogens with zero attached hydrogens (tertiary/aromatic N) is 1. The normalized spacial score (nSPS) is 18.5. The van der Waals surface area contributed by atoms with E-state index in [0.29, 0.717) is 6.54 Å². The SMILES string of the molecule is NCCC1(c2ccc(C(F)(F)F)nc2)CC1. The molecule has 1 aromatic heterocycles. The molecule has 88 valence electrons. The first-order valence-electron chi connectivity index (χ1n) is 5.22. The lowest BCUT2D eigenvalue weighted by atomic mass is 9.94. The van der Waals surface area contributed by atoms with Gasteiger partial charge in [-0.2, -0.15) is 13.2 Å². The minimum absolute atomic E-state index is 0.00583. The van der Waals surface area contributed by atoms with Crippen LogP contribution in [0.1, 0.15) is 30.5 Å². The average molecular weight is 230 g/mol. The van der Waals surface area contributed by atoms with Gasteiger partial charge in [0.1, 0.15) is 5.69 Å². The fraction of sp³-hybridized carbons (Fsp3) is 0.545. The number of rotatable bonds is 3. The first kappa shape index (κ1) is 11.4. The van der Waals surface area contributed by atoms with Gasteiger partial charge in [0.05, 0.1) is 0 Å². The predicted octanol–water partition coefficient (Wildman–Crippen LogP) is 2.48. The molecular formula is C11H13F3N2. The van der Waals surface area contributed by atoms with Crippen LogP contribution in [0.15, 0.2) is 18.3 Å². The Balaban J connectivity index is 2.20. The summed E-state index contributed by atoms with van der Waals surface area (Å²) in [5, 5.41) is 0. The third-order valence-electron chi connectivity index (χ3n) is 3.14. The quantitative estimate of drug-likeness (QED) is 0.866. The summed E-state index contributed by atoms with van der Waals surface area (Å²) in [6, 6.07) is 2.57. The van der Waals surface area contributed by atoms with E-state index < -0.39 is 11.9 Å². The maximum absolute atomic E-state index is 12.3. The van der Waals surface area contributed by atoms with Crippen molar-refractivity contribution >= 4 is 0 Å². The van der Waals surface area contributed by atoms with Gasteiger partial charge in [-0.05, 0) is 42.9 Å². The number of nitrogens with two attached hydrogens (primary N) is 1. The molecule has 2 N–H and O–H groups in total. The first-order chi connectivity index (χ1) is 7.48. The van der Waals surface area contributed by atoms with Crippen molar-refractivity contribution in [3.63, 3.8) is 0 Å². The van der Waals surface area contributed by atoms with Crippen LogP contribution in [0, 0.1) is 0 Å². The Morgan fingerprint density at radius 1 is 1.31 bits per heavy atom. The molecule has 0 bridgehead atoms. The topological polar surface area (TPSA) is 38.9 Å². The third-order valence-corrected chi connectivity index (χ3v) is 3.14. The molecule has 0 saturated heterocycles. The zero-order valence-electron chi connectivity index (χ0n) is 8.72. The smallest absolute Gasteiger partial charge is 0.330 e. The second-order valence-corrected chi connectivity index (χ2v) is 4.25. The number of hydrogen-bond donors (Lipinski definition) is 1. The average Bonchev–Trinajstić information content (AvgIpc) is 2.99. The molecule has 1 heterocycles. The lowest BCUT2D eigenvalue weighted by Gasteiger charge is -2.14. The van der Waals surface area contributed by atoms with Crippen molar-refractivity contribution in [3.8, 4) is 0 Å². The van der Waals surface area contributed by atoms with Crippen LogP contribution >= 0.6 is 0 Å². The Bertz CT molecular complexity index is 366. The molecule has 2 nitrogen and oxygen atoms in total. The van der Waals surface area contributed by atoms with Crippen molar-refractivity contribution in [2.45, 2.75) is 30.9 Å². The van der Waals surface area contributed by atoms with Gasteiger partial charge in [-0.3, -0.25) is 4.98 Å². The van der Waals surface area contributed by atoms with Crippen molar-refractivity contribution in [2.75, 3.05) is 6.54 Å². The van der Waals surface area contributed by atoms with Gasteiger partial charge in [0.15, 0.2) is 0 Å². The zero-order chi connectivity index (χ0) is 11.8. The molecule has 1 fully saturated rings. The van der Waals surface area contributed by atoms with Crippen molar-refractivity contribution < 1.29 is 13.2 Å². The maximum Gasteiger partial charge on any atom is 0.433 e. The molecule has 16 heavy (non-hydrogen) atoms. The molecule has 0 amide bonds. The van der Waals surface area contributed by atoms with Crippen LogP contribution in [0.3, 0.4) is 0 Å². The van der Waals surface area contributed by atoms with E-state index in [9.17, 15) is 13.2 Å². The second-order valence-electron chi connectivity index (χ2n) is 4.25. The van der Waals surface area contributed by atoms with Gasteiger partial charge in [0, 0.05) is 6.20 Å². The van der Waals surface area contributed by atoms with E-state index in [-0.39, 0.29) is 5.41 Å². The number of halogens is 3. The van der Waals surface area contributed by atoms with E-state index in [1.807, 2.05) is 0 Å². The molecule has 5 heteroatoms. The van der Waals surface area contributed by atoms with Crippen LogP contribution in [-0.4, -0.2) is 11.5 Å². The molecule has 1 aromatic rings. The molecule has 2 rings (SSSR count). The van der Waals surface area contributed by atoms with Crippen molar-refractivity contribution in [1.29, 1.82) is 0 Å². The Morgan fingerprint density at radius 2 is 2.00 bits per heavy atom. The summed E-state index contributed by atoms with van der Waals surface area (Å²) in [5.41, 5.74) is 5.54. The minimum Gasteiger partial charge on any atom is -0.330 e. The molecule has 0 aliphatic heterocycles. The van der Waals surface area contributed by atoms with E-state index >= 15 is 0 Å². The van der Waals surface area contributed by atoms with E-state index in [4.69, 9.17) is 5.73 Å². The van der Waals surface area contributed by atoms with Crippen LogP contribution in [0.2, 0.25) is 0 Å². The molecule has 0 spiro atoms. The monoisotopic (exact) mass is 230 g/mol. The van der Waals surface area contributed by atoms with Crippen molar-refractivity contribution in [2.24, 2.45) is 5.73 Å². The van der Waals surface area contributed by atoms with Gasteiger partial charge >= 0.3 is 6.18 Å². The number of hydrogen-bond acceptors (Lipinski definition) is 2. The summed E-state index contributed by atoms with van der Waals surface area (Å²) in [5.74, 6) is 0. The molecule has 0 aromatic carbocycles. The molecule has 0 radical (unpaired) electrons. The van der Waals surface area contributed by atoms with Gasteiger partial charge in [0.2, 0.25) is 0 Å². The Labute approximate surface area is 91.7 Å². The largest absolute Gasteiger partial charge is 0.433 e. The maximum atomic E-state index is 12.3. The van der Waals surface area contributed by atoms with E-state index in [1.165, 1.54) is 12.3 Å². The highest BCUT2D eigenvalue weighted by molar-refractivity contribution is 5.30. The molecular weight excluding hydrogens is 217 g/mol. The zero-order valence-corrected chi connectivity index (χ0v) is 8.72. The lowest BCUT2D eigenvalue weighted by Crippen LogP contribution is -2.15. The molecule has 1 aliphatic carbocycles. The van der Waals surface area contributed by atoms with E-state index in [0.717, 1.165) is 30.9 Å². The Kier molecular flexibility index (Phi) is 2.66. The summed E-state index contributed by atoms with van der Waals surface area (Å²) < 4.78 is 36.9. The van der Waals surface area contributed by atoms with E-state index in [1.54, 1.807) is 0 Å². The Hall–Kier alpha value is -1.10. The van der Waals surface area contributed by atoms with Crippen molar-refractivity contribution in [1.82, 2.24) is 4.98 Å². The molecule has 1 aliphatic rings. The van der Waals surface area contributed by atoms with Crippen molar-refractivity contribution in [3.05, 3.63) is 29.6 Å². The van der Waals surface area contributed by atoms with Gasteiger partial charge in [-0.25, -0.2) is 0 Å². The van der Waals surface area contributed by atoms with Crippen LogP contribution in [0.4, 0.5) is 13.2 Å². The highest BCUT2D eigenvalue weighted by Crippen LogP contribution is 2.50. The minimum atomic E-state index is -4.36. The van der Waals surface area contributed by atoms with Gasteiger partial charge in [-0.1, -0.05) is 6.07 Å². The number of aromatic nitrogens is 1. The highest BCUT2D eigenvalue weighted by Gasteiger charge is 2.44. The first-order valence-corrected chi connectivity index (χ1v) is 5.22. The summed E-state index contributed by atoms with van der Waals surface area (Å²) in [6.07, 6.45) is -0.205. The van der Waals surface area contributed by atoms with Crippen LogP contribution in [0.5, 0.6) is 0 Å². The van der Waals surface area contributed by atoms with Crippen LogP contribution < -0.4 is 5.73 Å². The second kappa shape index (κ2) is 3.73. The fourth-order valence-electron chi connectivity index (χ4n) is 1.99. The van der Waals surface area contributed by atoms with E-state index in [2.05, 4.69) is 4.98 Å². The summed E-state index contributed by atoms with van der Waals surface area (Å²) in [4.78, 5) is 3.47.